The van der Waals surface area contributed by atoms with E-state index in [1.165, 1.54) is 4.90 Å². The van der Waals surface area contributed by atoms with Crippen LogP contribution >= 0.6 is 0 Å². The van der Waals surface area contributed by atoms with Gasteiger partial charge in [0.05, 0.1) is 11.8 Å². The summed E-state index contributed by atoms with van der Waals surface area (Å²) in [5, 5.41) is 3.03. The Balaban J connectivity index is 1.97. The van der Waals surface area contributed by atoms with E-state index in [4.69, 9.17) is 0 Å². The second kappa shape index (κ2) is 4.53. The highest BCUT2D eigenvalue weighted by Crippen LogP contribution is 2.42. The maximum absolute atomic E-state index is 12.0. The molecule has 1 saturated heterocycles. The van der Waals surface area contributed by atoms with E-state index in [1.807, 2.05) is 7.05 Å². The van der Waals surface area contributed by atoms with E-state index in [0.29, 0.717) is 12.5 Å². The largest absolute Gasteiger partial charge is 0.320 e. The fourth-order valence-corrected chi connectivity index (χ4v) is 2.98. The summed E-state index contributed by atoms with van der Waals surface area (Å²) >= 11 is 0. The van der Waals surface area contributed by atoms with Crippen molar-refractivity contribution in [3.8, 4) is 0 Å². The number of amides is 2. The summed E-state index contributed by atoms with van der Waals surface area (Å²) in [6.45, 7) is 3.56. The molecule has 0 radical (unpaired) electrons. The Morgan fingerprint density at radius 1 is 1.25 bits per heavy atom. The Morgan fingerprint density at radius 2 is 1.81 bits per heavy atom. The molecule has 16 heavy (non-hydrogen) atoms. The lowest BCUT2D eigenvalue weighted by Crippen LogP contribution is -2.34. The van der Waals surface area contributed by atoms with Crippen LogP contribution in [0.15, 0.2) is 0 Å². The maximum atomic E-state index is 12.0. The molecule has 2 fully saturated rings. The van der Waals surface area contributed by atoms with Gasteiger partial charge in [-0.1, -0.05) is 6.92 Å². The van der Waals surface area contributed by atoms with Gasteiger partial charge in [-0.15, -0.1) is 0 Å². The van der Waals surface area contributed by atoms with Crippen molar-refractivity contribution < 1.29 is 9.59 Å². The van der Waals surface area contributed by atoms with Gasteiger partial charge in [-0.3, -0.25) is 14.5 Å². The van der Waals surface area contributed by atoms with Crippen molar-refractivity contribution >= 4 is 11.8 Å². The third kappa shape index (κ3) is 1.86. The highest BCUT2D eigenvalue weighted by atomic mass is 16.2. The molecule has 0 bridgehead atoms. The van der Waals surface area contributed by atoms with Crippen molar-refractivity contribution in [2.45, 2.75) is 26.2 Å². The van der Waals surface area contributed by atoms with Gasteiger partial charge in [0.25, 0.3) is 0 Å². The summed E-state index contributed by atoms with van der Waals surface area (Å²) in [5.74, 6) is 0.683. The van der Waals surface area contributed by atoms with Gasteiger partial charge in [0, 0.05) is 6.54 Å². The number of likely N-dealkylation sites (tertiary alicyclic amines) is 1. The number of hydrogen-bond donors (Lipinski definition) is 1. The molecule has 90 valence electrons. The van der Waals surface area contributed by atoms with Gasteiger partial charge in [0.15, 0.2) is 0 Å². The highest BCUT2D eigenvalue weighted by Gasteiger charge is 2.51. The molecule has 1 aliphatic heterocycles. The topological polar surface area (TPSA) is 49.4 Å². The lowest BCUT2D eigenvalue weighted by Gasteiger charge is -2.16. The van der Waals surface area contributed by atoms with Crippen LogP contribution in [0.1, 0.15) is 26.2 Å². The van der Waals surface area contributed by atoms with Crippen LogP contribution in [0.5, 0.6) is 0 Å². The predicted molar refractivity (Wildman–Crippen MR) is 60.6 cm³/mol. The van der Waals surface area contributed by atoms with Crippen molar-refractivity contribution in [1.82, 2.24) is 10.2 Å². The third-order valence-corrected chi connectivity index (χ3v) is 3.77. The zero-order valence-electron chi connectivity index (χ0n) is 10.0. The van der Waals surface area contributed by atoms with Gasteiger partial charge in [0.2, 0.25) is 11.8 Å². The first-order valence-electron chi connectivity index (χ1n) is 6.15. The minimum atomic E-state index is -0.00270. The third-order valence-electron chi connectivity index (χ3n) is 3.77. The van der Waals surface area contributed by atoms with Gasteiger partial charge in [-0.25, -0.2) is 0 Å². The SMILES string of the molecule is CNCCCN1C(=O)C2CC(C)CC2C1=O. The van der Waals surface area contributed by atoms with E-state index in [1.54, 1.807) is 0 Å². The molecule has 0 aromatic carbocycles. The molecule has 0 aromatic rings. The van der Waals surface area contributed by atoms with Crippen molar-refractivity contribution in [1.29, 1.82) is 0 Å². The molecule has 2 unspecified atom stereocenters. The quantitative estimate of drug-likeness (QED) is 0.563. The zero-order chi connectivity index (χ0) is 11.7. The normalized spacial score (nSPS) is 33.6. The number of fused-ring (bicyclic) bond motifs is 1. The van der Waals surface area contributed by atoms with E-state index in [-0.39, 0.29) is 23.7 Å². The van der Waals surface area contributed by atoms with Crippen LogP contribution in [0.4, 0.5) is 0 Å². The molecule has 2 aliphatic rings. The Hall–Kier alpha value is -0.900. The van der Waals surface area contributed by atoms with E-state index < -0.39 is 0 Å². The second-order valence-corrected chi connectivity index (χ2v) is 5.07. The monoisotopic (exact) mass is 224 g/mol. The molecule has 0 aromatic heterocycles. The van der Waals surface area contributed by atoms with Crippen LogP contribution in [0.3, 0.4) is 0 Å². The molecular weight excluding hydrogens is 204 g/mol. The number of carbonyl (C=O) groups is 2. The van der Waals surface area contributed by atoms with Crippen molar-refractivity contribution in [3.63, 3.8) is 0 Å². The average molecular weight is 224 g/mol. The molecule has 1 N–H and O–H groups in total. The van der Waals surface area contributed by atoms with Crippen LogP contribution < -0.4 is 5.32 Å². The lowest BCUT2D eigenvalue weighted by atomic mass is 10.00. The van der Waals surface area contributed by atoms with Crippen molar-refractivity contribution in [2.24, 2.45) is 17.8 Å². The van der Waals surface area contributed by atoms with Gasteiger partial charge in [0.1, 0.15) is 0 Å². The summed E-state index contributed by atoms with van der Waals surface area (Å²) in [4.78, 5) is 25.5. The van der Waals surface area contributed by atoms with Crippen LogP contribution in [-0.2, 0) is 9.59 Å². The molecular formula is C12H20N2O2. The van der Waals surface area contributed by atoms with Crippen LogP contribution in [0.25, 0.3) is 0 Å². The Morgan fingerprint density at radius 3 is 2.31 bits per heavy atom. The van der Waals surface area contributed by atoms with Crippen molar-refractivity contribution in [3.05, 3.63) is 0 Å². The predicted octanol–water partition coefficient (Wildman–Crippen LogP) is 0.627. The van der Waals surface area contributed by atoms with Gasteiger partial charge < -0.3 is 5.32 Å². The maximum Gasteiger partial charge on any atom is 0.233 e. The van der Waals surface area contributed by atoms with E-state index in [9.17, 15) is 9.59 Å². The van der Waals surface area contributed by atoms with E-state index in [0.717, 1.165) is 25.8 Å². The molecule has 1 aliphatic carbocycles. The van der Waals surface area contributed by atoms with Crippen LogP contribution in [-0.4, -0.2) is 36.9 Å². The number of imide groups is 1. The van der Waals surface area contributed by atoms with E-state index >= 15 is 0 Å². The molecule has 2 rings (SSSR count). The van der Waals surface area contributed by atoms with Crippen LogP contribution in [0, 0.1) is 17.8 Å². The van der Waals surface area contributed by atoms with Gasteiger partial charge >= 0.3 is 0 Å². The number of carbonyl (C=O) groups excluding carboxylic acids is 2. The summed E-state index contributed by atoms with van der Waals surface area (Å²) in [7, 11) is 1.88. The first kappa shape index (κ1) is 11.6. The van der Waals surface area contributed by atoms with Crippen LogP contribution in [0.2, 0.25) is 0 Å². The Bertz CT molecular complexity index is 279. The molecule has 0 spiro atoms. The standard InChI is InChI=1S/C12H20N2O2/c1-8-6-9-10(7-8)12(16)14(11(9)15)5-3-4-13-2/h8-10,13H,3-7H2,1-2H3. The summed E-state index contributed by atoms with van der Waals surface area (Å²) < 4.78 is 0. The summed E-state index contributed by atoms with van der Waals surface area (Å²) in [6.07, 6.45) is 2.65. The number of rotatable bonds is 4. The summed E-state index contributed by atoms with van der Waals surface area (Å²) in [6, 6.07) is 0. The molecule has 1 saturated carbocycles. The molecule has 1 heterocycles. The zero-order valence-corrected chi connectivity index (χ0v) is 10.0. The number of hydrogen-bond acceptors (Lipinski definition) is 3. The minimum Gasteiger partial charge on any atom is -0.320 e. The summed E-state index contributed by atoms with van der Waals surface area (Å²) in [5.41, 5.74) is 0. The van der Waals surface area contributed by atoms with Crippen molar-refractivity contribution in [2.75, 3.05) is 20.1 Å². The second-order valence-electron chi connectivity index (χ2n) is 5.07. The molecule has 4 heteroatoms. The first-order valence-corrected chi connectivity index (χ1v) is 6.15. The fraction of sp³-hybridized carbons (Fsp3) is 0.833. The Labute approximate surface area is 96.4 Å². The van der Waals surface area contributed by atoms with E-state index in [2.05, 4.69) is 12.2 Å². The van der Waals surface area contributed by atoms with Gasteiger partial charge in [-0.05, 0) is 38.8 Å². The number of nitrogens with zero attached hydrogens (tertiary/aromatic N) is 1. The average Bonchev–Trinajstić information content (AvgIpc) is 2.72. The fourth-order valence-electron chi connectivity index (χ4n) is 2.98. The minimum absolute atomic E-state index is 0.00270. The first-order chi connectivity index (χ1) is 7.65. The smallest absolute Gasteiger partial charge is 0.233 e. The lowest BCUT2D eigenvalue weighted by molar-refractivity contribution is -0.140. The molecule has 4 nitrogen and oxygen atoms in total. The Kier molecular flexibility index (Phi) is 3.28. The number of nitrogens with one attached hydrogen (secondary N) is 1. The molecule has 2 amide bonds. The highest BCUT2D eigenvalue weighted by molar-refractivity contribution is 6.05. The van der Waals surface area contributed by atoms with Gasteiger partial charge in [-0.2, -0.15) is 0 Å². The molecule has 2 atom stereocenters.